The van der Waals surface area contributed by atoms with E-state index < -0.39 is 6.10 Å². The molecule has 3 rings (SSSR count). The molecule has 0 bridgehead atoms. The maximum Gasteiger partial charge on any atom is 0.193 e. The third-order valence-electron chi connectivity index (χ3n) is 2.96. The van der Waals surface area contributed by atoms with Gasteiger partial charge in [-0.1, -0.05) is 0 Å². The molecule has 3 aromatic heterocycles. The summed E-state index contributed by atoms with van der Waals surface area (Å²) in [5.74, 6) is 0. The average molecular weight is 262 g/mol. The number of aromatic nitrogens is 4. The number of hydrogen-bond acceptors (Lipinski definition) is 4. The van der Waals surface area contributed by atoms with Crippen molar-refractivity contribution in [2.24, 2.45) is 7.05 Å². The van der Waals surface area contributed by atoms with Gasteiger partial charge < -0.3 is 5.11 Å². The van der Waals surface area contributed by atoms with Gasteiger partial charge in [0.05, 0.1) is 17.5 Å². The first-order valence-electron chi connectivity index (χ1n) is 5.73. The molecule has 0 radical (unpaired) electrons. The zero-order chi connectivity index (χ0) is 12.7. The Bertz CT molecular complexity index is 653. The molecule has 0 aliphatic rings. The third kappa shape index (κ3) is 1.93. The molecule has 94 valence electrons. The Morgan fingerprint density at radius 3 is 2.94 bits per heavy atom. The van der Waals surface area contributed by atoms with E-state index in [-0.39, 0.29) is 0 Å². The predicted octanol–water partition coefficient (Wildman–Crippen LogP) is 1.71. The topological polar surface area (TPSA) is 55.3 Å². The minimum atomic E-state index is -0.552. The van der Waals surface area contributed by atoms with Gasteiger partial charge in [-0.2, -0.15) is 5.10 Å². The summed E-state index contributed by atoms with van der Waals surface area (Å²) in [4.78, 5) is 5.43. The SMILES string of the molecule is Cc1nn(C)cc1C(O)Cc1cn2ccsc2n1. The number of thiazole rings is 1. The molecule has 0 spiro atoms. The van der Waals surface area contributed by atoms with E-state index in [2.05, 4.69) is 10.1 Å². The Hall–Kier alpha value is -1.66. The van der Waals surface area contributed by atoms with Crippen LogP contribution in [0.15, 0.2) is 24.0 Å². The largest absolute Gasteiger partial charge is 0.388 e. The number of fused-ring (bicyclic) bond motifs is 1. The summed E-state index contributed by atoms with van der Waals surface area (Å²) in [6.45, 7) is 1.91. The summed E-state index contributed by atoms with van der Waals surface area (Å²) in [6, 6.07) is 0. The lowest BCUT2D eigenvalue weighted by atomic mass is 10.1. The second-order valence-corrected chi connectivity index (χ2v) is 5.26. The molecule has 3 heterocycles. The first-order valence-corrected chi connectivity index (χ1v) is 6.61. The second kappa shape index (κ2) is 4.22. The van der Waals surface area contributed by atoms with Crippen molar-refractivity contribution in [2.75, 3.05) is 0 Å². The zero-order valence-corrected chi connectivity index (χ0v) is 11.1. The lowest BCUT2D eigenvalue weighted by molar-refractivity contribution is 0.176. The van der Waals surface area contributed by atoms with Crippen molar-refractivity contribution < 1.29 is 5.11 Å². The van der Waals surface area contributed by atoms with E-state index in [9.17, 15) is 5.11 Å². The second-order valence-electron chi connectivity index (χ2n) is 4.39. The van der Waals surface area contributed by atoms with Gasteiger partial charge in [0.15, 0.2) is 4.96 Å². The highest BCUT2D eigenvalue weighted by molar-refractivity contribution is 7.15. The van der Waals surface area contributed by atoms with Crippen LogP contribution in [0.3, 0.4) is 0 Å². The lowest BCUT2D eigenvalue weighted by Crippen LogP contribution is -2.02. The van der Waals surface area contributed by atoms with Gasteiger partial charge in [-0.05, 0) is 6.92 Å². The van der Waals surface area contributed by atoms with Crippen molar-refractivity contribution in [1.82, 2.24) is 19.2 Å². The summed E-state index contributed by atoms with van der Waals surface area (Å²) >= 11 is 1.59. The zero-order valence-electron chi connectivity index (χ0n) is 10.2. The van der Waals surface area contributed by atoms with Crippen LogP contribution < -0.4 is 0 Å². The molecule has 5 nitrogen and oxygen atoms in total. The minimum Gasteiger partial charge on any atom is -0.388 e. The molecule has 0 fully saturated rings. The standard InChI is InChI=1S/C12H14N4OS/c1-8-10(7-15(2)14-8)11(17)5-9-6-16-3-4-18-12(16)13-9/h3-4,6-7,11,17H,5H2,1-2H3. The van der Waals surface area contributed by atoms with E-state index in [0.29, 0.717) is 6.42 Å². The van der Waals surface area contributed by atoms with Crippen LogP contribution in [0.4, 0.5) is 0 Å². The van der Waals surface area contributed by atoms with Crippen LogP contribution >= 0.6 is 11.3 Å². The molecule has 0 aliphatic carbocycles. The van der Waals surface area contributed by atoms with Crippen molar-refractivity contribution in [3.05, 3.63) is 40.9 Å². The van der Waals surface area contributed by atoms with Crippen molar-refractivity contribution >= 4 is 16.3 Å². The van der Waals surface area contributed by atoms with Gasteiger partial charge in [0, 0.05) is 43.0 Å². The first kappa shape index (κ1) is 11.4. The monoisotopic (exact) mass is 262 g/mol. The van der Waals surface area contributed by atoms with Crippen molar-refractivity contribution in [2.45, 2.75) is 19.4 Å². The van der Waals surface area contributed by atoms with Gasteiger partial charge in [-0.25, -0.2) is 4.98 Å². The number of aliphatic hydroxyl groups is 1. The molecule has 0 saturated carbocycles. The van der Waals surface area contributed by atoms with Crippen LogP contribution in [0, 0.1) is 6.92 Å². The number of nitrogens with zero attached hydrogens (tertiary/aromatic N) is 4. The fourth-order valence-corrected chi connectivity index (χ4v) is 2.85. The molecule has 0 aromatic carbocycles. The van der Waals surface area contributed by atoms with E-state index in [1.807, 2.05) is 42.3 Å². The van der Waals surface area contributed by atoms with Crippen molar-refractivity contribution in [3.8, 4) is 0 Å². The quantitative estimate of drug-likeness (QED) is 0.782. The fourth-order valence-electron chi connectivity index (χ4n) is 2.13. The van der Waals surface area contributed by atoms with Crippen LogP contribution in [-0.4, -0.2) is 24.3 Å². The highest BCUT2D eigenvalue weighted by atomic mass is 32.1. The molecule has 1 N–H and O–H groups in total. The maximum absolute atomic E-state index is 10.2. The Morgan fingerprint density at radius 1 is 1.44 bits per heavy atom. The number of aryl methyl sites for hydroxylation is 2. The van der Waals surface area contributed by atoms with E-state index in [0.717, 1.165) is 21.9 Å². The van der Waals surface area contributed by atoms with Gasteiger partial charge >= 0.3 is 0 Å². The van der Waals surface area contributed by atoms with Crippen molar-refractivity contribution in [3.63, 3.8) is 0 Å². The van der Waals surface area contributed by atoms with Gasteiger partial charge in [-0.15, -0.1) is 11.3 Å². The summed E-state index contributed by atoms with van der Waals surface area (Å²) < 4.78 is 3.70. The van der Waals surface area contributed by atoms with Gasteiger partial charge in [0.1, 0.15) is 0 Å². The normalized spacial score (nSPS) is 13.3. The van der Waals surface area contributed by atoms with Gasteiger partial charge in [0.25, 0.3) is 0 Å². The molecule has 0 amide bonds. The molecule has 1 unspecified atom stereocenters. The van der Waals surface area contributed by atoms with Crippen LogP contribution in [0.2, 0.25) is 0 Å². The molecule has 0 saturated heterocycles. The average Bonchev–Trinajstić information content (AvgIpc) is 2.92. The van der Waals surface area contributed by atoms with Crippen LogP contribution in [-0.2, 0) is 13.5 Å². The number of imidazole rings is 1. The Kier molecular flexibility index (Phi) is 2.68. The van der Waals surface area contributed by atoms with Crippen molar-refractivity contribution in [1.29, 1.82) is 0 Å². The van der Waals surface area contributed by atoms with Crippen LogP contribution in [0.1, 0.15) is 23.1 Å². The Morgan fingerprint density at radius 2 is 2.28 bits per heavy atom. The summed E-state index contributed by atoms with van der Waals surface area (Å²) in [5, 5.41) is 16.5. The number of aliphatic hydroxyl groups excluding tert-OH is 1. The molecule has 3 aromatic rings. The molecule has 6 heteroatoms. The highest BCUT2D eigenvalue weighted by Gasteiger charge is 2.16. The smallest absolute Gasteiger partial charge is 0.193 e. The molecule has 1 atom stereocenters. The maximum atomic E-state index is 10.2. The Labute approximate surface area is 108 Å². The Balaban J connectivity index is 1.83. The lowest BCUT2D eigenvalue weighted by Gasteiger charge is -2.06. The molecular formula is C12H14N4OS. The molecule has 18 heavy (non-hydrogen) atoms. The van der Waals surface area contributed by atoms with E-state index in [4.69, 9.17) is 0 Å². The fraction of sp³-hybridized carbons (Fsp3) is 0.333. The predicted molar refractivity (Wildman–Crippen MR) is 69.7 cm³/mol. The molecule has 0 aliphatic heterocycles. The van der Waals surface area contributed by atoms with Gasteiger partial charge in [-0.3, -0.25) is 9.08 Å². The number of hydrogen-bond donors (Lipinski definition) is 1. The van der Waals surface area contributed by atoms with E-state index >= 15 is 0 Å². The summed E-state index contributed by atoms with van der Waals surface area (Å²) in [7, 11) is 1.86. The van der Waals surface area contributed by atoms with Gasteiger partial charge in [0.2, 0.25) is 0 Å². The molecular weight excluding hydrogens is 248 g/mol. The van der Waals surface area contributed by atoms with E-state index in [1.54, 1.807) is 16.0 Å². The highest BCUT2D eigenvalue weighted by Crippen LogP contribution is 2.21. The van der Waals surface area contributed by atoms with Crippen LogP contribution in [0.25, 0.3) is 4.96 Å². The number of rotatable bonds is 3. The minimum absolute atomic E-state index is 0.515. The summed E-state index contributed by atoms with van der Waals surface area (Å²) in [6.07, 6.45) is 5.75. The summed E-state index contributed by atoms with van der Waals surface area (Å²) in [5.41, 5.74) is 2.64. The first-order chi connectivity index (χ1) is 8.63. The van der Waals surface area contributed by atoms with Crippen LogP contribution in [0.5, 0.6) is 0 Å². The third-order valence-corrected chi connectivity index (χ3v) is 3.73. The van der Waals surface area contributed by atoms with E-state index in [1.165, 1.54) is 0 Å².